The molecule has 1 aliphatic heterocycles. The van der Waals surface area contributed by atoms with Crippen molar-refractivity contribution in [3.05, 3.63) is 58.7 Å². The smallest absolute Gasteiger partial charge is 0.266 e. The number of aryl methyl sites for hydroxylation is 1. The average Bonchev–Trinajstić information content (AvgIpc) is 3.49. The average molecular weight is 458 g/mol. The fraction of sp³-hybridized carbons (Fsp3) is 0.238. The minimum atomic E-state index is -3.68. The van der Waals surface area contributed by atoms with Gasteiger partial charge in [0.05, 0.1) is 10.2 Å². The number of hydrogen-bond acceptors (Lipinski definition) is 5. The lowest BCUT2D eigenvalue weighted by Crippen LogP contribution is -2.40. The highest BCUT2D eigenvalue weighted by Gasteiger charge is 2.39. The van der Waals surface area contributed by atoms with Gasteiger partial charge in [-0.05, 0) is 35.7 Å². The molecule has 2 aromatic heterocycles. The molecule has 0 bridgehead atoms. The Balaban J connectivity index is 1.56. The Labute approximate surface area is 181 Å². The number of carbonyl (C=O) groups excluding carboxylic acids is 1. The summed E-state index contributed by atoms with van der Waals surface area (Å²) in [6, 6.07) is 14.7. The number of thiazole rings is 1. The molecule has 30 heavy (non-hydrogen) atoms. The molecular formula is C21H19N3O3S3. The molecule has 5 rings (SSSR count). The third-order valence-corrected chi connectivity index (χ3v) is 9.82. The molecule has 1 atom stereocenters. The maximum Gasteiger partial charge on any atom is 0.266 e. The van der Waals surface area contributed by atoms with E-state index < -0.39 is 22.0 Å². The van der Waals surface area contributed by atoms with E-state index in [1.165, 1.54) is 27.0 Å². The summed E-state index contributed by atoms with van der Waals surface area (Å²) in [6.07, 6.45) is 1.14. The quantitative estimate of drug-likeness (QED) is 0.471. The van der Waals surface area contributed by atoms with Gasteiger partial charge in [0.15, 0.2) is 4.80 Å². The van der Waals surface area contributed by atoms with E-state index in [1.54, 1.807) is 17.5 Å². The Bertz CT molecular complexity index is 1430. The number of carbonyl (C=O) groups is 1. The fourth-order valence-electron chi connectivity index (χ4n) is 3.99. The lowest BCUT2D eigenvalue weighted by Gasteiger charge is -2.20. The molecule has 0 saturated carbocycles. The molecule has 6 nitrogen and oxygen atoms in total. The zero-order valence-electron chi connectivity index (χ0n) is 16.2. The van der Waals surface area contributed by atoms with Gasteiger partial charge in [-0.1, -0.05) is 47.7 Å². The monoisotopic (exact) mass is 457 g/mol. The molecule has 1 saturated heterocycles. The molecule has 4 aromatic rings. The lowest BCUT2D eigenvalue weighted by atomic mass is 10.1. The number of benzene rings is 2. The molecule has 0 radical (unpaired) electrons. The summed E-state index contributed by atoms with van der Waals surface area (Å²) in [5.41, 5.74) is 1.03. The van der Waals surface area contributed by atoms with E-state index >= 15 is 0 Å². The molecular weight excluding hydrogens is 438 g/mol. The van der Waals surface area contributed by atoms with Crippen molar-refractivity contribution in [2.75, 3.05) is 6.54 Å². The van der Waals surface area contributed by atoms with Crippen LogP contribution in [0, 0.1) is 0 Å². The zero-order valence-corrected chi connectivity index (χ0v) is 18.6. The van der Waals surface area contributed by atoms with E-state index in [0.29, 0.717) is 24.2 Å². The largest absolute Gasteiger partial charge is 0.319 e. The predicted octanol–water partition coefficient (Wildman–Crippen LogP) is 3.74. The van der Waals surface area contributed by atoms with Crippen molar-refractivity contribution in [1.82, 2.24) is 8.87 Å². The normalized spacial score (nSPS) is 18.6. The Hall–Kier alpha value is -2.33. The number of fused-ring (bicyclic) bond motifs is 3. The van der Waals surface area contributed by atoms with Gasteiger partial charge in [0.1, 0.15) is 10.3 Å². The number of thiophene rings is 1. The first-order valence-electron chi connectivity index (χ1n) is 9.58. The second kappa shape index (κ2) is 7.42. The van der Waals surface area contributed by atoms with Gasteiger partial charge in [-0.15, -0.1) is 11.3 Å². The summed E-state index contributed by atoms with van der Waals surface area (Å²) in [4.78, 5) is 18.0. The van der Waals surface area contributed by atoms with Gasteiger partial charge >= 0.3 is 0 Å². The molecule has 1 aliphatic rings. The molecule has 0 spiro atoms. The molecule has 1 amide bonds. The third kappa shape index (κ3) is 3.13. The van der Waals surface area contributed by atoms with Crippen LogP contribution in [0.4, 0.5) is 0 Å². The van der Waals surface area contributed by atoms with E-state index in [9.17, 15) is 13.2 Å². The summed E-state index contributed by atoms with van der Waals surface area (Å²) >= 11 is 2.61. The number of aromatic nitrogens is 1. The van der Waals surface area contributed by atoms with E-state index in [-0.39, 0.29) is 4.21 Å². The standard InChI is InChI=1S/C21H19N3O3S3/c1-23-19-15-7-3-2-6-14(15)10-11-17(19)29-21(23)22-20(25)16-8-4-12-24(16)30(26,27)18-9-5-13-28-18/h2-3,5-7,9-11,13,16H,4,8,12H2,1H3. The van der Waals surface area contributed by atoms with Crippen LogP contribution in [0.2, 0.25) is 0 Å². The highest BCUT2D eigenvalue weighted by Crippen LogP contribution is 2.30. The van der Waals surface area contributed by atoms with Crippen LogP contribution in [-0.2, 0) is 21.9 Å². The van der Waals surface area contributed by atoms with Crippen molar-refractivity contribution in [2.24, 2.45) is 12.0 Å². The van der Waals surface area contributed by atoms with Crippen molar-refractivity contribution < 1.29 is 13.2 Å². The van der Waals surface area contributed by atoms with E-state index in [1.807, 2.05) is 29.8 Å². The first kappa shape index (κ1) is 19.6. The fourth-order valence-corrected chi connectivity index (χ4v) is 7.80. The molecule has 1 unspecified atom stereocenters. The van der Waals surface area contributed by atoms with Crippen LogP contribution in [-0.4, -0.2) is 35.8 Å². The highest BCUT2D eigenvalue weighted by atomic mass is 32.2. The number of sulfonamides is 1. The van der Waals surface area contributed by atoms with Crippen LogP contribution >= 0.6 is 22.7 Å². The number of amides is 1. The second-order valence-corrected chi connectivity index (χ2v) is 11.3. The summed E-state index contributed by atoms with van der Waals surface area (Å²) in [5, 5.41) is 3.96. The van der Waals surface area contributed by atoms with E-state index in [2.05, 4.69) is 23.2 Å². The molecule has 0 aliphatic carbocycles. The maximum absolute atomic E-state index is 13.1. The predicted molar refractivity (Wildman–Crippen MR) is 120 cm³/mol. The van der Waals surface area contributed by atoms with Gasteiger partial charge in [-0.3, -0.25) is 4.79 Å². The second-order valence-electron chi connectivity index (χ2n) is 7.23. The zero-order chi connectivity index (χ0) is 20.9. The van der Waals surface area contributed by atoms with Crippen molar-refractivity contribution in [3.8, 4) is 0 Å². The molecule has 1 fully saturated rings. The summed E-state index contributed by atoms with van der Waals surface area (Å²) in [5.74, 6) is -0.404. The first-order valence-corrected chi connectivity index (χ1v) is 12.7. The highest BCUT2D eigenvalue weighted by molar-refractivity contribution is 7.91. The molecule has 154 valence electrons. The minimum Gasteiger partial charge on any atom is -0.319 e. The van der Waals surface area contributed by atoms with Crippen molar-refractivity contribution in [1.29, 1.82) is 0 Å². The number of nitrogens with zero attached hydrogens (tertiary/aromatic N) is 3. The van der Waals surface area contributed by atoms with Gasteiger partial charge in [-0.2, -0.15) is 9.30 Å². The molecule has 3 heterocycles. The Kier molecular flexibility index (Phi) is 4.85. The van der Waals surface area contributed by atoms with Crippen LogP contribution in [0.25, 0.3) is 21.0 Å². The summed E-state index contributed by atoms with van der Waals surface area (Å²) < 4.78 is 30.5. The van der Waals surface area contributed by atoms with Gasteiger partial charge in [0.25, 0.3) is 15.9 Å². The Morgan fingerprint density at radius 3 is 2.77 bits per heavy atom. The van der Waals surface area contributed by atoms with Gasteiger partial charge < -0.3 is 4.57 Å². The molecule has 9 heteroatoms. The molecule has 0 N–H and O–H groups in total. The maximum atomic E-state index is 13.1. The van der Waals surface area contributed by atoms with Gasteiger partial charge in [0, 0.05) is 19.0 Å². The molecule has 2 aromatic carbocycles. The lowest BCUT2D eigenvalue weighted by molar-refractivity contribution is -0.121. The van der Waals surface area contributed by atoms with Crippen LogP contribution in [0.3, 0.4) is 0 Å². The van der Waals surface area contributed by atoms with E-state index in [0.717, 1.165) is 21.0 Å². The minimum absolute atomic E-state index is 0.265. The van der Waals surface area contributed by atoms with Gasteiger partial charge in [-0.25, -0.2) is 8.42 Å². The van der Waals surface area contributed by atoms with E-state index in [4.69, 9.17) is 0 Å². The summed E-state index contributed by atoms with van der Waals surface area (Å²) in [6.45, 7) is 0.343. The van der Waals surface area contributed by atoms with Crippen LogP contribution in [0.5, 0.6) is 0 Å². The van der Waals surface area contributed by atoms with Gasteiger partial charge in [0.2, 0.25) is 0 Å². The van der Waals surface area contributed by atoms with Crippen LogP contribution in [0.1, 0.15) is 12.8 Å². The number of rotatable bonds is 3. The Morgan fingerprint density at radius 1 is 1.13 bits per heavy atom. The topological polar surface area (TPSA) is 71.7 Å². The first-order chi connectivity index (χ1) is 14.5. The summed E-state index contributed by atoms with van der Waals surface area (Å²) in [7, 11) is -1.78. The van der Waals surface area contributed by atoms with Crippen molar-refractivity contribution >= 4 is 59.6 Å². The SMILES string of the molecule is Cn1c(=NC(=O)C2CCCN2S(=O)(=O)c2cccs2)sc2ccc3ccccc3c21. The number of hydrogen-bond donors (Lipinski definition) is 0. The van der Waals surface area contributed by atoms with Crippen molar-refractivity contribution in [3.63, 3.8) is 0 Å². The Morgan fingerprint density at radius 2 is 1.97 bits per heavy atom. The third-order valence-electron chi connectivity index (χ3n) is 5.44. The van der Waals surface area contributed by atoms with Crippen molar-refractivity contribution in [2.45, 2.75) is 23.1 Å². The van der Waals surface area contributed by atoms with Crippen LogP contribution in [0.15, 0.2) is 63.1 Å². The van der Waals surface area contributed by atoms with Crippen LogP contribution < -0.4 is 4.80 Å².